The van der Waals surface area contributed by atoms with Crippen LogP contribution in [0, 0.1) is 13.2 Å². The van der Waals surface area contributed by atoms with Crippen molar-refractivity contribution in [2.24, 2.45) is 0 Å². The molecule has 0 aliphatic carbocycles. The standard InChI is InChI=1S/C73H52N4OSi/c1-52-46-72(74-50-67(52)55-28-12-4-13-29-55)77-68-45-43-62(79(59-32-14-5-15-33-59,60-34-16-6-17-35-60)61-36-18-7-19-37-61)49-66(68)65-44-42-58(48-71(65)77)78-57-31-22-30-56(47-57)75-51-76(70-41-21-20-40-69(70)75)73-63(53-24-8-2-9-25-53)38-23-39-64(73)54-26-10-3-11-27-54/h2-50H,1H3/i1D3,2D,3D,4D,8D,9D,10D,11D,12D,13D,24D,25D,26D,27D,28D,29D. The maximum atomic E-state index is 9.13. The van der Waals surface area contributed by atoms with Gasteiger partial charge in [-0.05, 0) is 103 Å². The summed E-state index contributed by atoms with van der Waals surface area (Å²) in [7, 11) is -3.15. The molecular weight excluding hydrogens is 977 g/mol. The summed E-state index contributed by atoms with van der Waals surface area (Å²) in [6.07, 6.45) is 4.67. The topological polar surface area (TPSA) is 35.9 Å². The number of aryl methyl sites for hydroxylation is 1. The second-order valence-corrected chi connectivity index (χ2v) is 22.6. The van der Waals surface area contributed by atoms with Crippen LogP contribution in [0.3, 0.4) is 0 Å². The number of rotatable bonds is 12. The molecule has 0 amide bonds. The van der Waals surface area contributed by atoms with Crippen molar-refractivity contribution in [3.8, 4) is 62.1 Å². The Bertz CT molecular complexity index is 5300. The van der Waals surface area contributed by atoms with Gasteiger partial charge in [0.1, 0.15) is 17.3 Å². The lowest BCUT2D eigenvalue weighted by Crippen LogP contribution is -2.74. The highest BCUT2D eigenvalue weighted by atomic mass is 28.3. The molecule has 0 atom stereocenters. The van der Waals surface area contributed by atoms with Crippen LogP contribution in [0.25, 0.3) is 83.4 Å². The number of fused-ring (bicyclic) bond motifs is 4. The SMILES string of the molecule is [2H]c1c([2H])c([2H])c(-c2cnc(-n3c4ccc([Si](c5ccccc5)(c5ccccc5)c5ccccc5)cc4c4ccc(Oc5cccc(-n6[c-][n+](-c7c(-c8c([2H])c([2H])c([2H])c([2H])c8[2H])cccc7-c7c([2H])c([2H])c([2H])c([2H])c7[2H])c7ccccc76)c5)cc43)cc2C([2H])([2H])[2H])c([2H])c1[2H]. The molecule has 0 saturated heterocycles. The van der Waals surface area contributed by atoms with Crippen LogP contribution in [-0.4, -0.2) is 22.2 Å². The zero-order chi connectivity index (χ0) is 68.3. The van der Waals surface area contributed by atoms with E-state index in [2.05, 4.69) is 54.9 Å². The molecule has 0 radical (unpaired) electrons. The van der Waals surface area contributed by atoms with Gasteiger partial charge in [-0.2, -0.15) is 0 Å². The number of pyridine rings is 1. The third-order valence-corrected chi connectivity index (χ3v) is 19.1. The summed E-state index contributed by atoms with van der Waals surface area (Å²) in [4.78, 5) is 4.89. The van der Waals surface area contributed by atoms with Crippen molar-refractivity contribution in [1.29, 1.82) is 0 Å². The van der Waals surface area contributed by atoms with E-state index in [-0.39, 0.29) is 50.4 Å². The van der Waals surface area contributed by atoms with Crippen LogP contribution >= 0.6 is 0 Å². The lowest BCUT2D eigenvalue weighted by atomic mass is 9.95. The second-order valence-electron chi connectivity index (χ2n) is 18.7. The molecule has 5 nitrogen and oxygen atoms in total. The molecular formula is C73H52N4OSi. The van der Waals surface area contributed by atoms with Crippen molar-refractivity contribution in [2.75, 3.05) is 0 Å². The molecule has 0 bridgehead atoms. The Hall–Kier alpha value is -10.1. The Labute approximate surface area is 486 Å². The zero-order valence-corrected chi connectivity index (χ0v) is 42.8. The van der Waals surface area contributed by atoms with E-state index in [1.165, 1.54) is 18.3 Å². The highest BCUT2D eigenvalue weighted by molar-refractivity contribution is 7.20. The maximum absolute atomic E-state index is 9.13. The minimum Gasteiger partial charge on any atom is -0.458 e. The summed E-state index contributed by atoms with van der Waals surface area (Å²) in [5, 5.41) is 5.99. The maximum Gasteiger partial charge on any atom is 0.269 e. The molecule has 3 heterocycles. The third kappa shape index (κ3) is 8.34. The fourth-order valence-electron chi connectivity index (χ4n) is 11.0. The van der Waals surface area contributed by atoms with Crippen LogP contribution < -0.4 is 30.1 Å². The molecule has 6 heteroatoms. The molecule has 14 rings (SSSR count). The number of benzene rings is 11. The highest BCUT2D eigenvalue weighted by Gasteiger charge is 2.41. The summed E-state index contributed by atoms with van der Waals surface area (Å²) in [6, 6.07) is 54.7. The van der Waals surface area contributed by atoms with Crippen molar-refractivity contribution in [1.82, 2.24) is 14.1 Å². The number of hydrogen-bond donors (Lipinski definition) is 0. The van der Waals surface area contributed by atoms with E-state index in [0.717, 1.165) is 31.5 Å². The van der Waals surface area contributed by atoms with Crippen LogP contribution in [-0.2, 0) is 0 Å². The first-order valence-corrected chi connectivity index (χ1v) is 27.4. The van der Waals surface area contributed by atoms with Crippen molar-refractivity contribution in [3.63, 3.8) is 0 Å². The average Bonchev–Trinajstić information content (AvgIpc) is 0.858. The van der Waals surface area contributed by atoms with Gasteiger partial charge < -0.3 is 4.74 Å². The Morgan fingerprint density at radius 2 is 1.04 bits per heavy atom. The largest absolute Gasteiger partial charge is 0.458 e. The number of imidazole rings is 1. The summed E-state index contributed by atoms with van der Waals surface area (Å²) < 4.78 is 170. The summed E-state index contributed by atoms with van der Waals surface area (Å²) in [6.45, 7) is -2.88. The highest BCUT2D eigenvalue weighted by Crippen LogP contribution is 2.38. The Morgan fingerprint density at radius 1 is 0.468 bits per heavy atom. The van der Waals surface area contributed by atoms with E-state index in [4.69, 9.17) is 34.4 Å². The van der Waals surface area contributed by atoms with Crippen LogP contribution in [0.1, 0.15) is 30.2 Å². The molecule has 3 aromatic heterocycles. The van der Waals surface area contributed by atoms with Gasteiger partial charge in [0.25, 0.3) is 6.33 Å². The minimum absolute atomic E-state index is 0.0892. The summed E-state index contributed by atoms with van der Waals surface area (Å²) in [5.74, 6) is 0.835. The van der Waals surface area contributed by atoms with Crippen LogP contribution in [0.15, 0.2) is 297 Å². The molecule has 79 heavy (non-hydrogen) atoms. The molecule has 0 aliphatic rings. The quantitative estimate of drug-likeness (QED) is 0.0529. The van der Waals surface area contributed by atoms with E-state index < -0.39 is 106 Å². The fraction of sp³-hybridized carbons (Fsp3) is 0.0137. The molecule has 14 aromatic rings. The Kier molecular flexibility index (Phi) is 8.09. The molecule has 0 aliphatic heterocycles. The molecule has 0 saturated carbocycles. The van der Waals surface area contributed by atoms with E-state index >= 15 is 0 Å². The Morgan fingerprint density at radius 3 is 1.66 bits per heavy atom. The first-order chi connectivity index (χ1) is 46.5. The van der Waals surface area contributed by atoms with Crippen molar-refractivity contribution in [3.05, 3.63) is 309 Å². The number of para-hydroxylation sites is 3. The summed E-state index contributed by atoms with van der Waals surface area (Å²) >= 11 is 0. The van der Waals surface area contributed by atoms with Crippen molar-refractivity contribution >= 4 is 61.7 Å². The van der Waals surface area contributed by atoms with Gasteiger partial charge in [-0.15, -0.1) is 0 Å². The predicted molar refractivity (Wildman–Crippen MR) is 327 cm³/mol. The third-order valence-electron chi connectivity index (χ3n) is 14.4. The molecule has 11 aromatic carbocycles. The van der Waals surface area contributed by atoms with Gasteiger partial charge in [-0.1, -0.05) is 242 Å². The monoisotopic (exact) mass is 1050 g/mol. The molecule has 0 fully saturated rings. The van der Waals surface area contributed by atoms with Gasteiger partial charge in [0.15, 0.2) is 8.07 Å². The van der Waals surface area contributed by atoms with Gasteiger partial charge in [-0.3, -0.25) is 13.7 Å². The van der Waals surface area contributed by atoms with Gasteiger partial charge in [0.05, 0.1) is 54.0 Å². The average molecular weight is 1050 g/mol. The van der Waals surface area contributed by atoms with Crippen LogP contribution in [0.2, 0.25) is 0 Å². The van der Waals surface area contributed by atoms with Crippen molar-refractivity contribution < 1.29 is 34.0 Å². The number of hydrogen-bond acceptors (Lipinski definition) is 2. The number of nitrogens with zero attached hydrogens (tertiary/aromatic N) is 4. The van der Waals surface area contributed by atoms with Gasteiger partial charge in [0.2, 0.25) is 0 Å². The second kappa shape index (κ2) is 20.1. The van der Waals surface area contributed by atoms with Crippen LogP contribution in [0.4, 0.5) is 0 Å². The lowest BCUT2D eigenvalue weighted by molar-refractivity contribution is -0.571. The zero-order valence-electron chi connectivity index (χ0n) is 59.8. The molecule has 0 spiro atoms. The van der Waals surface area contributed by atoms with Crippen LogP contribution in [0.5, 0.6) is 11.5 Å². The first kappa shape index (κ1) is 31.8. The molecule has 0 N–H and O–H groups in total. The van der Waals surface area contributed by atoms with Gasteiger partial charge >= 0.3 is 0 Å². The van der Waals surface area contributed by atoms with Gasteiger partial charge in [0, 0.05) is 32.7 Å². The van der Waals surface area contributed by atoms with E-state index in [1.54, 1.807) is 57.7 Å². The molecule has 374 valence electrons. The van der Waals surface area contributed by atoms with E-state index in [0.29, 0.717) is 39.3 Å². The number of ether oxygens (including phenoxy) is 1. The fourth-order valence-corrected chi connectivity index (χ4v) is 15.7. The lowest BCUT2D eigenvalue weighted by Gasteiger charge is -2.34. The van der Waals surface area contributed by atoms with Crippen molar-refractivity contribution in [2.45, 2.75) is 6.85 Å². The normalized spacial score (nSPS) is 15.0. The summed E-state index contributed by atoms with van der Waals surface area (Å²) in [5.41, 5.74) is 1.85. The van der Waals surface area contributed by atoms with Gasteiger partial charge in [-0.25, -0.2) is 4.98 Å². The number of aromatic nitrogens is 4. The predicted octanol–water partition coefficient (Wildman–Crippen LogP) is 14.7. The van der Waals surface area contributed by atoms with E-state index in [1.807, 2.05) is 95.6 Å². The smallest absolute Gasteiger partial charge is 0.269 e. The van der Waals surface area contributed by atoms with E-state index in [9.17, 15) is 0 Å². The first-order valence-electron chi connectivity index (χ1n) is 34.4. The molecule has 0 unspecified atom stereocenters. The Balaban J connectivity index is 0.964. The minimum atomic E-state index is -3.15.